The summed E-state index contributed by atoms with van der Waals surface area (Å²) in [7, 11) is 0. The normalized spacial score (nSPS) is 21.8. The largest absolute Gasteiger partial charge is 0.506 e. The monoisotopic (exact) mass is 580 g/mol. The molecule has 3 rings (SSSR count). The van der Waals surface area contributed by atoms with Crippen LogP contribution < -0.4 is 0 Å². The summed E-state index contributed by atoms with van der Waals surface area (Å²) in [6.07, 6.45) is 0.896. The lowest BCUT2D eigenvalue weighted by atomic mass is 9.75. The molecule has 128 valence electrons. The smallest absolute Gasteiger partial charge is 0.144 e. The number of phenols is 2. The van der Waals surface area contributed by atoms with Crippen LogP contribution in [0.25, 0.3) is 0 Å². The van der Waals surface area contributed by atoms with Crippen molar-refractivity contribution in [2.75, 3.05) is 0 Å². The van der Waals surface area contributed by atoms with Crippen molar-refractivity contribution in [3.8, 4) is 11.5 Å². The Morgan fingerprint density at radius 3 is 1.88 bits per heavy atom. The van der Waals surface area contributed by atoms with Crippen LogP contribution in [0.4, 0.5) is 0 Å². The second kappa shape index (κ2) is 6.00. The molecular weight excluding hydrogens is 568 g/mol. The lowest BCUT2D eigenvalue weighted by molar-refractivity contribution is 0.422. The molecule has 2 nitrogen and oxygen atoms in total. The standard InChI is InChI=1S/C18H16Br4O2/c1-17(2)7-18(3,8-4-10(19)15(23)11(20)5-8)13-9(17)6-12(21)16(24)14(13)22/h4-6,23-24H,7H2,1-3H3. The van der Waals surface area contributed by atoms with Gasteiger partial charge in [-0.1, -0.05) is 20.8 Å². The number of hydrogen-bond acceptors (Lipinski definition) is 2. The van der Waals surface area contributed by atoms with E-state index in [1.165, 1.54) is 5.56 Å². The lowest BCUT2D eigenvalue weighted by Gasteiger charge is -2.29. The molecule has 1 aliphatic carbocycles. The second-order valence-corrected chi connectivity index (χ2v) is 10.5. The van der Waals surface area contributed by atoms with Gasteiger partial charge >= 0.3 is 0 Å². The molecule has 0 saturated heterocycles. The molecule has 0 aromatic heterocycles. The SMILES string of the molecule is CC1(C)CC(C)(c2cc(Br)c(O)c(Br)c2)c2c1cc(Br)c(O)c2Br. The molecule has 0 spiro atoms. The Labute approximate surface area is 175 Å². The van der Waals surface area contributed by atoms with Gasteiger partial charge in [0.1, 0.15) is 11.5 Å². The number of aromatic hydroxyl groups is 2. The highest BCUT2D eigenvalue weighted by Gasteiger charge is 2.48. The van der Waals surface area contributed by atoms with Crippen LogP contribution in [0, 0.1) is 0 Å². The molecule has 0 radical (unpaired) electrons. The van der Waals surface area contributed by atoms with Gasteiger partial charge < -0.3 is 10.2 Å². The fourth-order valence-electron chi connectivity index (χ4n) is 3.88. The molecule has 0 heterocycles. The zero-order valence-corrected chi connectivity index (χ0v) is 19.7. The third-order valence-corrected chi connectivity index (χ3v) is 7.51. The Morgan fingerprint density at radius 1 is 0.833 bits per heavy atom. The van der Waals surface area contributed by atoms with E-state index in [9.17, 15) is 10.2 Å². The van der Waals surface area contributed by atoms with E-state index in [2.05, 4.69) is 84.5 Å². The summed E-state index contributed by atoms with van der Waals surface area (Å²) in [5.74, 6) is 0.409. The Hall–Kier alpha value is -0.0400. The van der Waals surface area contributed by atoms with Crippen LogP contribution >= 0.6 is 63.7 Å². The van der Waals surface area contributed by atoms with Crippen LogP contribution in [0.15, 0.2) is 36.1 Å². The molecular formula is C18H16Br4O2. The van der Waals surface area contributed by atoms with E-state index in [-0.39, 0.29) is 22.3 Å². The van der Waals surface area contributed by atoms with E-state index in [0.29, 0.717) is 13.4 Å². The van der Waals surface area contributed by atoms with Crippen LogP contribution in [0.3, 0.4) is 0 Å². The molecule has 2 aromatic rings. The van der Waals surface area contributed by atoms with Crippen molar-refractivity contribution in [1.82, 2.24) is 0 Å². The van der Waals surface area contributed by atoms with E-state index >= 15 is 0 Å². The van der Waals surface area contributed by atoms with Crippen LogP contribution in [0.5, 0.6) is 11.5 Å². The topological polar surface area (TPSA) is 40.5 Å². The maximum absolute atomic E-state index is 10.4. The van der Waals surface area contributed by atoms with Gasteiger partial charge in [0, 0.05) is 5.41 Å². The maximum atomic E-state index is 10.4. The van der Waals surface area contributed by atoms with Crippen molar-refractivity contribution in [2.24, 2.45) is 0 Å². The van der Waals surface area contributed by atoms with Crippen molar-refractivity contribution in [2.45, 2.75) is 38.0 Å². The fourth-order valence-corrected chi connectivity index (χ4v) is 6.62. The number of benzene rings is 2. The maximum Gasteiger partial charge on any atom is 0.144 e. The quantitative estimate of drug-likeness (QED) is 0.375. The number of rotatable bonds is 1. The first-order chi connectivity index (χ1) is 11.0. The lowest BCUT2D eigenvalue weighted by Crippen LogP contribution is -2.23. The van der Waals surface area contributed by atoms with E-state index in [4.69, 9.17) is 0 Å². The summed E-state index contributed by atoms with van der Waals surface area (Å²) >= 11 is 13.9. The molecule has 6 heteroatoms. The molecule has 0 bridgehead atoms. The first-order valence-corrected chi connectivity index (χ1v) is 10.6. The van der Waals surface area contributed by atoms with E-state index in [0.717, 1.165) is 22.0 Å². The van der Waals surface area contributed by atoms with Crippen molar-refractivity contribution >= 4 is 63.7 Å². The Kier molecular flexibility index (Phi) is 4.69. The van der Waals surface area contributed by atoms with Gasteiger partial charge in [-0.2, -0.15) is 0 Å². The van der Waals surface area contributed by atoms with E-state index in [1.807, 2.05) is 18.2 Å². The molecule has 1 atom stereocenters. The zero-order valence-electron chi connectivity index (χ0n) is 13.3. The van der Waals surface area contributed by atoms with Gasteiger partial charge in [-0.3, -0.25) is 0 Å². The molecule has 1 aliphatic rings. The molecule has 1 unspecified atom stereocenters. The number of halogens is 4. The van der Waals surface area contributed by atoms with Crippen molar-refractivity contribution in [1.29, 1.82) is 0 Å². The zero-order chi connectivity index (χ0) is 18.0. The molecule has 24 heavy (non-hydrogen) atoms. The van der Waals surface area contributed by atoms with Crippen molar-refractivity contribution < 1.29 is 10.2 Å². The van der Waals surface area contributed by atoms with Crippen LogP contribution in [-0.4, -0.2) is 10.2 Å². The summed E-state index contributed by atoms with van der Waals surface area (Å²) in [4.78, 5) is 0. The van der Waals surface area contributed by atoms with Crippen molar-refractivity contribution in [3.63, 3.8) is 0 Å². The molecule has 2 aromatic carbocycles. The van der Waals surface area contributed by atoms with E-state index in [1.54, 1.807) is 0 Å². The minimum atomic E-state index is -0.297. The van der Waals surface area contributed by atoms with Gasteiger partial charge in [-0.15, -0.1) is 0 Å². The first-order valence-electron chi connectivity index (χ1n) is 7.39. The van der Waals surface area contributed by atoms with E-state index < -0.39 is 0 Å². The van der Waals surface area contributed by atoms with Crippen molar-refractivity contribution in [3.05, 3.63) is 52.8 Å². The van der Waals surface area contributed by atoms with Crippen LogP contribution in [-0.2, 0) is 10.8 Å². The Bertz CT molecular complexity index is 838. The van der Waals surface area contributed by atoms with Gasteiger partial charge in [0.25, 0.3) is 0 Å². The molecule has 0 amide bonds. The number of fused-ring (bicyclic) bond motifs is 1. The highest BCUT2D eigenvalue weighted by molar-refractivity contribution is 9.11. The highest BCUT2D eigenvalue weighted by atomic mass is 79.9. The third kappa shape index (κ3) is 2.68. The summed E-state index contributed by atoms with van der Waals surface area (Å²) in [5, 5.41) is 20.5. The van der Waals surface area contributed by atoms with Crippen LogP contribution in [0.2, 0.25) is 0 Å². The van der Waals surface area contributed by atoms with Gasteiger partial charge in [0.05, 0.1) is 17.9 Å². The average molecular weight is 584 g/mol. The van der Waals surface area contributed by atoms with Gasteiger partial charge in [0.2, 0.25) is 0 Å². The second-order valence-electron chi connectivity index (χ2n) is 7.12. The highest BCUT2D eigenvalue weighted by Crippen LogP contribution is 2.58. The van der Waals surface area contributed by atoms with Gasteiger partial charge in [0.15, 0.2) is 0 Å². The fraction of sp³-hybridized carbons (Fsp3) is 0.333. The minimum absolute atomic E-state index is 0.0420. The molecule has 0 aliphatic heterocycles. The average Bonchev–Trinajstić information content (AvgIpc) is 2.69. The van der Waals surface area contributed by atoms with Gasteiger partial charge in [-0.05, 0) is 110 Å². The van der Waals surface area contributed by atoms with Crippen LogP contribution in [0.1, 0.15) is 43.9 Å². The predicted molar refractivity (Wildman–Crippen MR) is 111 cm³/mol. The molecule has 2 N–H and O–H groups in total. The Balaban J connectivity index is 2.35. The summed E-state index contributed by atoms with van der Waals surface area (Å²) in [6.45, 7) is 6.62. The number of hydrogen-bond donors (Lipinski definition) is 2. The summed E-state index contributed by atoms with van der Waals surface area (Å²) in [6, 6.07) is 5.93. The number of phenolic OH excluding ortho intramolecular Hbond substituents is 2. The third-order valence-electron chi connectivity index (χ3n) is 4.92. The van der Waals surface area contributed by atoms with Gasteiger partial charge in [-0.25, -0.2) is 0 Å². The first kappa shape index (κ1) is 18.7. The summed E-state index contributed by atoms with van der Waals surface area (Å²) in [5.41, 5.74) is 3.04. The predicted octanol–water partition coefficient (Wildman–Crippen LogP) is 7.14. The minimum Gasteiger partial charge on any atom is -0.506 e. The summed E-state index contributed by atoms with van der Waals surface area (Å²) < 4.78 is 2.72. The Morgan fingerprint density at radius 2 is 1.33 bits per heavy atom. The molecule has 0 fully saturated rings. The molecule has 0 saturated carbocycles.